The van der Waals surface area contributed by atoms with Crippen LogP contribution in [0.15, 0.2) is 41.1 Å². The first-order valence-electron chi connectivity index (χ1n) is 6.85. The molecule has 3 rings (SSSR count). The van der Waals surface area contributed by atoms with Crippen molar-refractivity contribution in [2.45, 2.75) is 20.5 Å². The molecule has 0 atom stereocenters. The Morgan fingerprint density at radius 3 is 2.86 bits per heavy atom. The molecule has 2 heterocycles. The highest BCUT2D eigenvalue weighted by atomic mass is 16.5. The normalized spacial score (nSPS) is 10.8. The highest BCUT2D eigenvalue weighted by Gasteiger charge is 2.17. The van der Waals surface area contributed by atoms with E-state index in [1.165, 1.54) is 0 Å². The number of aryl methyl sites for hydroxylation is 2. The average molecular weight is 297 g/mol. The molecule has 1 aromatic carbocycles. The summed E-state index contributed by atoms with van der Waals surface area (Å²) in [7, 11) is 0. The Balaban J connectivity index is 1.90. The first-order chi connectivity index (χ1) is 10.6. The Kier molecular flexibility index (Phi) is 3.55. The van der Waals surface area contributed by atoms with Crippen LogP contribution < -0.4 is 4.74 Å². The van der Waals surface area contributed by atoms with Gasteiger partial charge in [0.05, 0.1) is 0 Å². The van der Waals surface area contributed by atoms with Gasteiger partial charge in [0.2, 0.25) is 0 Å². The van der Waals surface area contributed by atoms with Crippen molar-refractivity contribution in [1.82, 2.24) is 4.98 Å². The van der Waals surface area contributed by atoms with Crippen molar-refractivity contribution in [3.05, 3.63) is 59.1 Å². The molecule has 5 heteroatoms. The summed E-state index contributed by atoms with van der Waals surface area (Å²) in [5, 5.41) is 9.83. The topological polar surface area (TPSA) is 72.6 Å². The van der Waals surface area contributed by atoms with Crippen LogP contribution in [0.5, 0.6) is 5.75 Å². The van der Waals surface area contributed by atoms with E-state index in [0.29, 0.717) is 29.1 Å². The fourth-order valence-electron chi connectivity index (χ4n) is 2.36. The van der Waals surface area contributed by atoms with Crippen molar-refractivity contribution in [3.8, 4) is 5.75 Å². The van der Waals surface area contributed by atoms with Crippen LogP contribution >= 0.6 is 0 Å². The van der Waals surface area contributed by atoms with Crippen molar-refractivity contribution in [2.75, 3.05) is 0 Å². The van der Waals surface area contributed by atoms with E-state index in [-0.39, 0.29) is 5.56 Å². The number of hydrogen-bond acceptors (Lipinski definition) is 4. The molecule has 112 valence electrons. The zero-order valence-corrected chi connectivity index (χ0v) is 12.3. The van der Waals surface area contributed by atoms with E-state index in [1.54, 1.807) is 37.5 Å². The quantitative estimate of drug-likeness (QED) is 0.794. The number of furan rings is 1. The van der Waals surface area contributed by atoms with Crippen molar-refractivity contribution < 1.29 is 19.1 Å². The number of benzene rings is 1. The molecular weight excluding hydrogens is 282 g/mol. The molecule has 0 aliphatic heterocycles. The third-order valence-electron chi connectivity index (χ3n) is 3.59. The van der Waals surface area contributed by atoms with Crippen molar-refractivity contribution in [2.24, 2.45) is 0 Å². The molecular formula is C17H15NO4. The SMILES string of the molecule is Cc1ccncc1COc1ccc2oc(C)c(C(=O)O)c2c1. The van der Waals surface area contributed by atoms with Crippen LogP contribution in [0.25, 0.3) is 11.0 Å². The molecule has 1 N–H and O–H groups in total. The number of carboxylic acid groups (broad SMARTS) is 1. The fraction of sp³-hybridized carbons (Fsp3) is 0.176. The zero-order chi connectivity index (χ0) is 15.7. The van der Waals surface area contributed by atoms with E-state index in [0.717, 1.165) is 11.1 Å². The van der Waals surface area contributed by atoms with Crippen LogP contribution in [0.3, 0.4) is 0 Å². The van der Waals surface area contributed by atoms with Crippen LogP contribution in [0.2, 0.25) is 0 Å². The Morgan fingerprint density at radius 2 is 2.14 bits per heavy atom. The van der Waals surface area contributed by atoms with E-state index in [2.05, 4.69) is 4.98 Å². The van der Waals surface area contributed by atoms with Gasteiger partial charge in [0.15, 0.2) is 0 Å². The number of fused-ring (bicyclic) bond motifs is 1. The summed E-state index contributed by atoms with van der Waals surface area (Å²) in [5.74, 6) is -0.0155. The molecule has 0 radical (unpaired) electrons. The predicted octanol–water partition coefficient (Wildman–Crippen LogP) is 3.72. The molecule has 22 heavy (non-hydrogen) atoms. The summed E-state index contributed by atoms with van der Waals surface area (Å²) in [6, 6.07) is 7.10. The molecule has 0 saturated heterocycles. The first-order valence-corrected chi connectivity index (χ1v) is 6.85. The predicted molar refractivity (Wildman–Crippen MR) is 81.2 cm³/mol. The van der Waals surface area contributed by atoms with E-state index < -0.39 is 5.97 Å². The van der Waals surface area contributed by atoms with E-state index in [1.807, 2.05) is 13.0 Å². The van der Waals surface area contributed by atoms with E-state index in [4.69, 9.17) is 9.15 Å². The van der Waals surface area contributed by atoms with Gasteiger partial charge in [0, 0.05) is 23.3 Å². The molecule has 0 aliphatic rings. The molecule has 2 aromatic heterocycles. The molecule has 0 amide bonds. The third-order valence-corrected chi connectivity index (χ3v) is 3.59. The van der Waals surface area contributed by atoms with Crippen LogP contribution in [0.1, 0.15) is 27.2 Å². The van der Waals surface area contributed by atoms with Crippen molar-refractivity contribution in [1.29, 1.82) is 0 Å². The third kappa shape index (κ3) is 2.53. The number of aromatic carboxylic acids is 1. The Bertz CT molecular complexity index is 851. The van der Waals surface area contributed by atoms with Gasteiger partial charge in [-0.25, -0.2) is 4.79 Å². The molecule has 3 aromatic rings. The van der Waals surface area contributed by atoms with Crippen molar-refractivity contribution in [3.63, 3.8) is 0 Å². The lowest BCUT2D eigenvalue weighted by molar-refractivity contribution is 0.0697. The van der Waals surface area contributed by atoms with Crippen LogP contribution in [-0.4, -0.2) is 16.1 Å². The van der Waals surface area contributed by atoms with Gasteiger partial charge in [-0.3, -0.25) is 4.98 Å². The lowest BCUT2D eigenvalue weighted by Crippen LogP contribution is -1.99. The van der Waals surface area contributed by atoms with Crippen LogP contribution in [-0.2, 0) is 6.61 Å². The van der Waals surface area contributed by atoms with Gasteiger partial charge < -0.3 is 14.3 Å². The molecule has 0 unspecified atom stereocenters. The van der Waals surface area contributed by atoms with Gasteiger partial charge in [0.1, 0.15) is 29.3 Å². The zero-order valence-electron chi connectivity index (χ0n) is 12.3. The molecule has 0 bridgehead atoms. The van der Waals surface area contributed by atoms with Gasteiger partial charge in [0.25, 0.3) is 0 Å². The standard InChI is InChI=1S/C17H15NO4/c1-10-5-6-18-8-12(10)9-21-13-3-4-15-14(7-13)16(17(19)20)11(2)22-15/h3-8H,9H2,1-2H3,(H,19,20). The summed E-state index contributed by atoms with van der Waals surface area (Å²) in [6.45, 7) is 4.01. The molecule has 0 fully saturated rings. The van der Waals surface area contributed by atoms with Crippen LogP contribution in [0, 0.1) is 13.8 Å². The lowest BCUT2D eigenvalue weighted by atomic mass is 10.1. The smallest absolute Gasteiger partial charge is 0.339 e. The van der Waals surface area contributed by atoms with Gasteiger partial charge >= 0.3 is 5.97 Å². The summed E-state index contributed by atoms with van der Waals surface area (Å²) < 4.78 is 11.2. The second-order valence-electron chi connectivity index (χ2n) is 5.09. The second-order valence-corrected chi connectivity index (χ2v) is 5.09. The van der Waals surface area contributed by atoms with Gasteiger partial charge in [-0.2, -0.15) is 0 Å². The molecule has 0 aliphatic carbocycles. The summed E-state index contributed by atoms with van der Waals surface area (Å²) in [5.41, 5.74) is 2.81. The maximum absolute atomic E-state index is 11.3. The number of pyridine rings is 1. The number of nitrogens with zero attached hydrogens (tertiary/aromatic N) is 1. The number of aromatic nitrogens is 1. The fourth-order valence-corrected chi connectivity index (χ4v) is 2.36. The molecule has 5 nitrogen and oxygen atoms in total. The lowest BCUT2D eigenvalue weighted by Gasteiger charge is -2.08. The second kappa shape index (κ2) is 5.52. The summed E-state index contributed by atoms with van der Waals surface area (Å²) in [6.07, 6.45) is 3.50. The van der Waals surface area contributed by atoms with Crippen LogP contribution in [0.4, 0.5) is 0 Å². The molecule has 0 saturated carbocycles. The van der Waals surface area contributed by atoms with Gasteiger partial charge in [-0.15, -0.1) is 0 Å². The minimum Gasteiger partial charge on any atom is -0.489 e. The minimum atomic E-state index is -1.00. The summed E-state index contributed by atoms with van der Waals surface area (Å²) in [4.78, 5) is 15.4. The average Bonchev–Trinajstić information content (AvgIpc) is 2.81. The maximum atomic E-state index is 11.3. The molecule has 0 spiro atoms. The largest absolute Gasteiger partial charge is 0.489 e. The number of carbonyl (C=O) groups is 1. The minimum absolute atomic E-state index is 0.179. The number of hydrogen-bond donors (Lipinski definition) is 1. The van der Waals surface area contributed by atoms with E-state index >= 15 is 0 Å². The number of carboxylic acids is 1. The number of rotatable bonds is 4. The monoisotopic (exact) mass is 297 g/mol. The Labute approximate surface area is 127 Å². The Morgan fingerprint density at radius 1 is 1.32 bits per heavy atom. The van der Waals surface area contributed by atoms with Gasteiger partial charge in [-0.05, 0) is 43.7 Å². The highest BCUT2D eigenvalue weighted by molar-refractivity contribution is 6.03. The first kappa shape index (κ1) is 14.1. The van der Waals surface area contributed by atoms with Crippen molar-refractivity contribution >= 4 is 16.9 Å². The maximum Gasteiger partial charge on any atom is 0.339 e. The van der Waals surface area contributed by atoms with Gasteiger partial charge in [-0.1, -0.05) is 0 Å². The Hall–Kier alpha value is -2.82. The number of ether oxygens (including phenoxy) is 1. The summed E-state index contributed by atoms with van der Waals surface area (Å²) >= 11 is 0. The van der Waals surface area contributed by atoms with E-state index in [9.17, 15) is 9.90 Å². The highest BCUT2D eigenvalue weighted by Crippen LogP contribution is 2.29.